The number of aliphatic hydroxyl groups excluding tert-OH is 1. The summed E-state index contributed by atoms with van der Waals surface area (Å²) >= 11 is 0. The van der Waals surface area contributed by atoms with Crippen molar-refractivity contribution in [1.29, 1.82) is 0 Å². The van der Waals surface area contributed by atoms with Crippen molar-refractivity contribution in [2.24, 2.45) is 5.92 Å². The van der Waals surface area contributed by atoms with Crippen LogP contribution in [-0.4, -0.2) is 45.5 Å². The van der Waals surface area contributed by atoms with E-state index in [9.17, 15) is 9.90 Å². The molecule has 2 amide bonds. The third-order valence-corrected chi connectivity index (χ3v) is 4.60. The van der Waals surface area contributed by atoms with Crippen molar-refractivity contribution in [3.63, 3.8) is 0 Å². The van der Waals surface area contributed by atoms with E-state index in [0.29, 0.717) is 32.1 Å². The summed E-state index contributed by atoms with van der Waals surface area (Å²) < 4.78 is 1.88. The first-order valence-corrected chi connectivity index (χ1v) is 8.44. The number of urea groups is 1. The summed E-state index contributed by atoms with van der Waals surface area (Å²) in [6, 6.07) is 9.97. The Labute approximate surface area is 142 Å². The first-order valence-electron chi connectivity index (χ1n) is 8.44. The maximum absolute atomic E-state index is 12.3. The lowest BCUT2D eigenvalue weighted by Gasteiger charge is -2.31. The monoisotopic (exact) mass is 328 g/mol. The molecule has 128 valence electrons. The summed E-state index contributed by atoms with van der Waals surface area (Å²) in [5.41, 5.74) is 2.26. The van der Waals surface area contributed by atoms with Crippen molar-refractivity contribution in [2.45, 2.75) is 25.9 Å². The Morgan fingerprint density at radius 2 is 1.96 bits per heavy atom. The molecule has 0 spiro atoms. The van der Waals surface area contributed by atoms with Crippen molar-refractivity contribution in [1.82, 2.24) is 20.0 Å². The van der Waals surface area contributed by atoms with Gasteiger partial charge in [-0.05, 0) is 36.0 Å². The maximum Gasteiger partial charge on any atom is 0.317 e. The highest BCUT2D eigenvalue weighted by molar-refractivity contribution is 5.74. The molecule has 24 heavy (non-hydrogen) atoms. The molecule has 0 atom stereocenters. The smallest absolute Gasteiger partial charge is 0.317 e. The van der Waals surface area contributed by atoms with Gasteiger partial charge in [-0.2, -0.15) is 5.10 Å². The molecule has 1 aromatic carbocycles. The Balaban J connectivity index is 1.56. The molecule has 0 radical (unpaired) electrons. The zero-order valence-electron chi connectivity index (χ0n) is 13.8. The highest BCUT2D eigenvalue weighted by Gasteiger charge is 2.22. The fraction of sp³-hybridized carbons (Fsp3) is 0.444. The van der Waals surface area contributed by atoms with E-state index < -0.39 is 0 Å². The molecule has 0 unspecified atom stereocenters. The number of carbonyl (C=O) groups is 1. The van der Waals surface area contributed by atoms with Gasteiger partial charge in [-0.25, -0.2) is 4.79 Å². The van der Waals surface area contributed by atoms with E-state index in [0.717, 1.165) is 24.0 Å². The summed E-state index contributed by atoms with van der Waals surface area (Å²) in [5, 5.41) is 16.4. The van der Waals surface area contributed by atoms with Crippen LogP contribution in [0.15, 0.2) is 42.7 Å². The highest BCUT2D eigenvalue weighted by Crippen LogP contribution is 2.16. The number of benzene rings is 1. The van der Waals surface area contributed by atoms with Gasteiger partial charge in [0.15, 0.2) is 0 Å². The van der Waals surface area contributed by atoms with Crippen LogP contribution in [0.4, 0.5) is 4.79 Å². The van der Waals surface area contributed by atoms with Gasteiger partial charge in [0.2, 0.25) is 0 Å². The van der Waals surface area contributed by atoms with Crippen molar-refractivity contribution in [3.05, 3.63) is 53.9 Å². The molecule has 1 saturated heterocycles. The summed E-state index contributed by atoms with van der Waals surface area (Å²) in [7, 11) is 0. The largest absolute Gasteiger partial charge is 0.396 e. The number of nitrogens with one attached hydrogen (secondary N) is 1. The van der Waals surface area contributed by atoms with Crippen molar-refractivity contribution in [3.8, 4) is 0 Å². The number of amides is 2. The standard InChI is InChI=1S/C18H24N4O2/c23-14-15-6-10-21(11-7-15)18(24)19-12-16-4-1-2-5-17(16)13-22-9-3-8-20-22/h1-5,8-9,15,23H,6-7,10-14H2,(H,19,24). The second-order valence-electron chi connectivity index (χ2n) is 6.24. The second-order valence-corrected chi connectivity index (χ2v) is 6.24. The lowest BCUT2D eigenvalue weighted by molar-refractivity contribution is 0.137. The van der Waals surface area contributed by atoms with Crippen LogP contribution in [0.1, 0.15) is 24.0 Å². The van der Waals surface area contributed by atoms with Crippen LogP contribution in [-0.2, 0) is 13.1 Å². The molecule has 1 fully saturated rings. The number of aromatic nitrogens is 2. The van der Waals surface area contributed by atoms with E-state index >= 15 is 0 Å². The molecule has 1 aromatic heterocycles. The average Bonchev–Trinajstić information content (AvgIpc) is 3.14. The number of rotatable bonds is 5. The van der Waals surface area contributed by atoms with Gasteiger partial charge in [-0.15, -0.1) is 0 Å². The van der Waals surface area contributed by atoms with Gasteiger partial charge in [0, 0.05) is 38.6 Å². The van der Waals surface area contributed by atoms with Crippen LogP contribution < -0.4 is 5.32 Å². The van der Waals surface area contributed by atoms with Gasteiger partial charge in [0.05, 0.1) is 6.54 Å². The second kappa shape index (κ2) is 7.97. The summed E-state index contributed by atoms with van der Waals surface area (Å²) in [6.45, 7) is 2.85. The third-order valence-electron chi connectivity index (χ3n) is 4.60. The third kappa shape index (κ3) is 4.14. The van der Waals surface area contributed by atoms with Crippen LogP contribution in [0.2, 0.25) is 0 Å². The van der Waals surface area contributed by atoms with Crippen LogP contribution in [0.3, 0.4) is 0 Å². The SMILES string of the molecule is O=C(NCc1ccccc1Cn1cccn1)N1CCC(CO)CC1. The van der Waals surface area contributed by atoms with E-state index in [1.807, 2.05) is 40.0 Å². The van der Waals surface area contributed by atoms with Crippen LogP contribution in [0.5, 0.6) is 0 Å². The number of aliphatic hydroxyl groups is 1. The minimum Gasteiger partial charge on any atom is -0.396 e. The predicted octanol–water partition coefficient (Wildman–Crippen LogP) is 1.85. The van der Waals surface area contributed by atoms with Crippen molar-refractivity contribution >= 4 is 6.03 Å². The summed E-state index contributed by atoms with van der Waals surface area (Å²) in [5.74, 6) is 0.337. The number of hydrogen-bond donors (Lipinski definition) is 2. The summed E-state index contributed by atoms with van der Waals surface area (Å²) in [4.78, 5) is 14.2. The molecule has 2 heterocycles. The first-order chi connectivity index (χ1) is 11.8. The number of carbonyl (C=O) groups excluding carboxylic acids is 1. The zero-order valence-corrected chi connectivity index (χ0v) is 13.8. The van der Waals surface area contributed by atoms with Gasteiger partial charge in [0.25, 0.3) is 0 Å². The fourth-order valence-corrected chi connectivity index (χ4v) is 3.05. The van der Waals surface area contributed by atoms with Crippen LogP contribution >= 0.6 is 0 Å². The number of likely N-dealkylation sites (tertiary alicyclic amines) is 1. The lowest BCUT2D eigenvalue weighted by Crippen LogP contribution is -2.44. The summed E-state index contributed by atoms with van der Waals surface area (Å²) in [6.07, 6.45) is 5.45. The molecule has 2 N–H and O–H groups in total. The zero-order chi connectivity index (χ0) is 16.8. The Bertz CT molecular complexity index is 649. The molecule has 1 aliphatic heterocycles. The fourth-order valence-electron chi connectivity index (χ4n) is 3.05. The molecule has 6 nitrogen and oxygen atoms in total. The molecule has 3 rings (SSSR count). The maximum atomic E-state index is 12.3. The molecule has 2 aromatic rings. The van der Waals surface area contributed by atoms with E-state index in [2.05, 4.69) is 16.5 Å². The van der Waals surface area contributed by atoms with E-state index in [1.165, 1.54) is 0 Å². The molecular weight excluding hydrogens is 304 g/mol. The Hall–Kier alpha value is -2.34. The highest BCUT2D eigenvalue weighted by atomic mass is 16.3. The van der Waals surface area contributed by atoms with Gasteiger partial charge >= 0.3 is 6.03 Å². The molecule has 0 bridgehead atoms. The van der Waals surface area contributed by atoms with E-state index in [-0.39, 0.29) is 12.6 Å². The minimum absolute atomic E-state index is 0.0275. The molecule has 1 aliphatic rings. The minimum atomic E-state index is -0.0275. The van der Waals surface area contributed by atoms with Crippen molar-refractivity contribution in [2.75, 3.05) is 19.7 Å². The van der Waals surface area contributed by atoms with Gasteiger partial charge in [-0.3, -0.25) is 4.68 Å². The molecule has 0 aliphatic carbocycles. The number of piperidine rings is 1. The number of nitrogens with zero attached hydrogens (tertiary/aromatic N) is 3. The predicted molar refractivity (Wildman–Crippen MR) is 91.4 cm³/mol. The van der Waals surface area contributed by atoms with Crippen LogP contribution in [0, 0.1) is 5.92 Å². The van der Waals surface area contributed by atoms with Gasteiger partial charge < -0.3 is 15.3 Å². The van der Waals surface area contributed by atoms with Crippen LogP contribution in [0.25, 0.3) is 0 Å². The van der Waals surface area contributed by atoms with Gasteiger partial charge in [-0.1, -0.05) is 24.3 Å². The van der Waals surface area contributed by atoms with Crippen molar-refractivity contribution < 1.29 is 9.90 Å². The number of hydrogen-bond acceptors (Lipinski definition) is 3. The first kappa shape index (κ1) is 16.5. The normalized spacial score (nSPS) is 15.5. The lowest BCUT2D eigenvalue weighted by atomic mass is 9.98. The molecular formula is C18H24N4O2. The quantitative estimate of drug-likeness (QED) is 0.880. The van der Waals surface area contributed by atoms with E-state index in [1.54, 1.807) is 6.20 Å². The Morgan fingerprint density at radius 3 is 2.62 bits per heavy atom. The topological polar surface area (TPSA) is 70.4 Å². The molecule has 0 saturated carbocycles. The average molecular weight is 328 g/mol. The van der Waals surface area contributed by atoms with E-state index in [4.69, 9.17) is 0 Å². The Morgan fingerprint density at radius 1 is 1.21 bits per heavy atom. The Kier molecular flexibility index (Phi) is 5.48. The molecule has 6 heteroatoms. The van der Waals surface area contributed by atoms with Gasteiger partial charge in [0.1, 0.15) is 0 Å².